The molecule has 4 nitrogen and oxygen atoms in total. The minimum absolute atomic E-state index is 0.260. The second kappa shape index (κ2) is 4.49. The standard InChI is InChI=1S/C11H10BrN3O/c12-9-3-2-8(6-10(9)13)7-15-5-1-4-14-11(15)16/h1-6H,7,13H2. The highest BCUT2D eigenvalue weighted by Gasteiger charge is 2.00. The van der Waals surface area contributed by atoms with Gasteiger partial charge in [-0.25, -0.2) is 9.78 Å². The molecule has 0 saturated carbocycles. The highest BCUT2D eigenvalue weighted by Crippen LogP contribution is 2.20. The lowest BCUT2D eigenvalue weighted by atomic mass is 10.2. The van der Waals surface area contributed by atoms with E-state index in [1.165, 1.54) is 10.8 Å². The summed E-state index contributed by atoms with van der Waals surface area (Å²) >= 11 is 3.32. The molecular formula is C11H10BrN3O. The van der Waals surface area contributed by atoms with Crippen LogP contribution in [-0.2, 0) is 6.54 Å². The van der Waals surface area contributed by atoms with E-state index in [9.17, 15) is 4.79 Å². The summed E-state index contributed by atoms with van der Waals surface area (Å²) in [5.41, 5.74) is 7.13. The van der Waals surface area contributed by atoms with Crippen LogP contribution in [0.25, 0.3) is 0 Å². The maximum atomic E-state index is 11.4. The van der Waals surface area contributed by atoms with Gasteiger partial charge in [0.05, 0.1) is 6.54 Å². The molecule has 0 radical (unpaired) electrons. The van der Waals surface area contributed by atoms with Gasteiger partial charge in [-0.3, -0.25) is 4.57 Å². The Bertz CT molecular complexity index is 565. The second-order valence-corrected chi connectivity index (χ2v) is 4.24. The van der Waals surface area contributed by atoms with Gasteiger partial charge in [-0.15, -0.1) is 0 Å². The Morgan fingerprint density at radius 3 is 2.94 bits per heavy atom. The van der Waals surface area contributed by atoms with Gasteiger partial charge in [0.2, 0.25) is 0 Å². The summed E-state index contributed by atoms with van der Waals surface area (Å²) < 4.78 is 2.39. The maximum Gasteiger partial charge on any atom is 0.347 e. The van der Waals surface area contributed by atoms with E-state index in [0.29, 0.717) is 12.2 Å². The van der Waals surface area contributed by atoms with E-state index in [0.717, 1.165) is 10.0 Å². The highest BCUT2D eigenvalue weighted by molar-refractivity contribution is 9.10. The molecule has 2 rings (SSSR count). The number of nitrogen functional groups attached to an aromatic ring is 1. The molecule has 2 N–H and O–H groups in total. The van der Waals surface area contributed by atoms with E-state index in [-0.39, 0.29) is 5.69 Å². The zero-order valence-electron chi connectivity index (χ0n) is 8.43. The average Bonchev–Trinajstić information content (AvgIpc) is 2.27. The summed E-state index contributed by atoms with van der Waals surface area (Å²) in [5, 5.41) is 0. The Hall–Kier alpha value is -1.62. The second-order valence-electron chi connectivity index (χ2n) is 3.39. The van der Waals surface area contributed by atoms with E-state index in [1.807, 2.05) is 18.2 Å². The van der Waals surface area contributed by atoms with Crippen molar-refractivity contribution >= 4 is 21.6 Å². The molecule has 1 heterocycles. The number of halogens is 1. The van der Waals surface area contributed by atoms with Crippen LogP contribution in [0.15, 0.2) is 45.9 Å². The minimum Gasteiger partial charge on any atom is -0.398 e. The zero-order valence-corrected chi connectivity index (χ0v) is 10.0. The predicted octanol–water partition coefficient (Wildman–Crippen LogP) is 1.64. The lowest BCUT2D eigenvalue weighted by Gasteiger charge is -2.06. The average molecular weight is 280 g/mol. The summed E-state index contributed by atoms with van der Waals surface area (Å²) in [6.07, 6.45) is 3.18. The molecule has 0 unspecified atom stereocenters. The Morgan fingerprint density at radius 2 is 2.25 bits per heavy atom. The minimum atomic E-state index is -0.260. The van der Waals surface area contributed by atoms with Gasteiger partial charge in [0.15, 0.2) is 0 Å². The molecule has 0 bridgehead atoms. The molecule has 82 valence electrons. The van der Waals surface area contributed by atoms with Crippen molar-refractivity contribution in [3.05, 3.63) is 57.2 Å². The maximum absolute atomic E-state index is 11.4. The normalized spacial score (nSPS) is 10.3. The van der Waals surface area contributed by atoms with Crippen molar-refractivity contribution < 1.29 is 0 Å². The van der Waals surface area contributed by atoms with Gasteiger partial charge in [0.25, 0.3) is 0 Å². The number of nitrogens with zero attached hydrogens (tertiary/aromatic N) is 2. The van der Waals surface area contributed by atoms with Crippen LogP contribution in [0.2, 0.25) is 0 Å². The van der Waals surface area contributed by atoms with E-state index in [4.69, 9.17) is 5.73 Å². The number of aromatic nitrogens is 2. The van der Waals surface area contributed by atoms with Crippen molar-refractivity contribution in [1.29, 1.82) is 0 Å². The summed E-state index contributed by atoms with van der Waals surface area (Å²) in [6, 6.07) is 7.35. The van der Waals surface area contributed by atoms with E-state index in [1.54, 1.807) is 12.3 Å². The molecule has 0 atom stereocenters. The van der Waals surface area contributed by atoms with Crippen LogP contribution in [0.3, 0.4) is 0 Å². The number of benzene rings is 1. The summed E-state index contributed by atoms with van der Waals surface area (Å²) in [4.78, 5) is 15.1. The lowest BCUT2D eigenvalue weighted by Crippen LogP contribution is -2.21. The fourth-order valence-corrected chi connectivity index (χ4v) is 1.64. The smallest absolute Gasteiger partial charge is 0.347 e. The molecule has 0 aliphatic carbocycles. The van der Waals surface area contributed by atoms with Crippen molar-refractivity contribution in [2.24, 2.45) is 0 Å². The van der Waals surface area contributed by atoms with Crippen LogP contribution in [0.1, 0.15) is 5.56 Å². The van der Waals surface area contributed by atoms with Crippen molar-refractivity contribution in [3.63, 3.8) is 0 Å². The van der Waals surface area contributed by atoms with Gasteiger partial charge in [-0.1, -0.05) is 6.07 Å². The molecule has 1 aromatic carbocycles. The van der Waals surface area contributed by atoms with E-state index in [2.05, 4.69) is 20.9 Å². The van der Waals surface area contributed by atoms with Crippen LogP contribution in [0.5, 0.6) is 0 Å². The van der Waals surface area contributed by atoms with Crippen LogP contribution in [0, 0.1) is 0 Å². The molecule has 1 aromatic heterocycles. The van der Waals surface area contributed by atoms with Crippen LogP contribution < -0.4 is 11.4 Å². The molecule has 0 spiro atoms. The van der Waals surface area contributed by atoms with Gasteiger partial charge in [-0.2, -0.15) is 0 Å². The molecule has 16 heavy (non-hydrogen) atoms. The van der Waals surface area contributed by atoms with Crippen LogP contribution >= 0.6 is 15.9 Å². The van der Waals surface area contributed by atoms with Gasteiger partial charge in [-0.05, 0) is 39.7 Å². The fraction of sp³-hybridized carbons (Fsp3) is 0.0909. The van der Waals surface area contributed by atoms with Gasteiger partial charge in [0, 0.05) is 22.6 Å². The van der Waals surface area contributed by atoms with Gasteiger partial charge in [0.1, 0.15) is 0 Å². The molecule has 0 saturated heterocycles. The molecular weight excluding hydrogens is 270 g/mol. The molecule has 0 fully saturated rings. The Balaban J connectivity index is 2.31. The SMILES string of the molecule is Nc1cc(Cn2cccnc2=O)ccc1Br. The molecule has 5 heteroatoms. The number of hydrogen-bond acceptors (Lipinski definition) is 3. The molecule has 2 aromatic rings. The molecule has 0 aliphatic heterocycles. The Kier molecular flexibility index (Phi) is 3.05. The third-order valence-electron chi connectivity index (χ3n) is 2.20. The first-order chi connectivity index (χ1) is 7.66. The third kappa shape index (κ3) is 2.30. The van der Waals surface area contributed by atoms with Gasteiger partial charge < -0.3 is 5.73 Å². The third-order valence-corrected chi connectivity index (χ3v) is 2.92. The lowest BCUT2D eigenvalue weighted by molar-refractivity contribution is 0.727. The van der Waals surface area contributed by atoms with Crippen molar-refractivity contribution in [1.82, 2.24) is 9.55 Å². The van der Waals surface area contributed by atoms with Crippen LogP contribution in [-0.4, -0.2) is 9.55 Å². The Morgan fingerprint density at radius 1 is 1.44 bits per heavy atom. The highest BCUT2D eigenvalue weighted by atomic mass is 79.9. The number of nitrogens with two attached hydrogens (primary N) is 1. The van der Waals surface area contributed by atoms with Crippen molar-refractivity contribution in [2.75, 3.05) is 5.73 Å². The number of rotatable bonds is 2. The Labute approximate surface area is 101 Å². The van der Waals surface area contributed by atoms with E-state index >= 15 is 0 Å². The number of anilines is 1. The predicted molar refractivity (Wildman–Crippen MR) is 66.2 cm³/mol. The fourth-order valence-electron chi connectivity index (χ4n) is 1.40. The monoisotopic (exact) mass is 279 g/mol. The van der Waals surface area contributed by atoms with Crippen molar-refractivity contribution in [2.45, 2.75) is 6.54 Å². The first-order valence-corrected chi connectivity index (χ1v) is 5.51. The quantitative estimate of drug-likeness (QED) is 0.851. The first-order valence-electron chi connectivity index (χ1n) is 4.72. The number of hydrogen-bond donors (Lipinski definition) is 1. The zero-order chi connectivity index (χ0) is 11.5. The summed E-state index contributed by atoms with van der Waals surface area (Å²) in [7, 11) is 0. The van der Waals surface area contributed by atoms with Gasteiger partial charge >= 0.3 is 5.69 Å². The summed E-state index contributed by atoms with van der Waals surface area (Å²) in [5.74, 6) is 0. The molecule has 0 aliphatic rings. The largest absolute Gasteiger partial charge is 0.398 e. The first kappa shape index (κ1) is 10.9. The molecule has 0 amide bonds. The van der Waals surface area contributed by atoms with E-state index < -0.39 is 0 Å². The van der Waals surface area contributed by atoms with Crippen molar-refractivity contribution in [3.8, 4) is 0 Å². The topological polar surface area (TPSA) is 60.9 Å². The summed E-state index contributed by atoms with van der Waals surface area (Å²) in [6.45, 7) is 0.476. The van der Waals surface area contributed by atoms with Crippen LogP contribution in [0.4, 0.5) is 5.69 Å².